The molecule has 0 spiro atoms. The summed E-state index contributed by atoms with van der Waals surface area (Å²) in [5.41, 5.74) is 1.53. The standard InChI is InChI=1S/C22H18FN3O3/c1-2-29-22(28)19(14-26-17-7-11-25-12-8-17)21(27)18-4-3-16(13-20(18)23)15-5-9-24-10-6-15/h3-14,27H,2H2,1H3/b21-19+,26-14?. The van der Waals surface area contributed by atoms with E-state index < -0.39 is 17.5 Å². The fraction of sp³-hybridized carbons (Fsp3) is 0.0909. The summed E-state index contributed by atoms with van der Waals surface area (Å²) in [7, 11) is 0. The van der Waals surface area contributed by atoms with Gasteiger partial charge in [0.15, 0.2) is 0 Å². The van der Waals surface area contributed by atoms with Gasteiger partial charge in [0.05, 0.1) is 17.9 Å². The smallest absolute Gasteiger partial charge is 0.343 e. The van der Waals surface area contributed by atoms with Crippen molar-refractivity contribution in [1.29, 1.82) is 0 Å². The third-order valence-electron chi connectivity index (χ3n) is 3.99. The van der Waals surface area contributed by atoms with Crippen molar-refractivity contribution in [2.45, 2.75) is 6.92 Å². The van der Waals surface area contributed by atoms with Gasteiger partial charge in [-0.15, -0.1) is 0 Å². The van der Waals surface area contributed by atoms with Gasteiger partial charge >= 0.3 is 5.97 Å². The van der Waals surface area contributed by atoms with E-state index in [-0.39, 0.29) is 17.7 Å². The largest absolute Gasteiger partial charge is 0.506 e. The molecule has 0 amide bonds. The Balaban J connectivity index is 2.01. The van der Waals surface area contributed by atoms with Crippen LogP contribution in [0.5, 0.6) is 0 Å². The highest BCUT2D eigenvalue weighted by molar-refractivity contribution is 6.15. The van der Waals surface area contributed by atoms with Gasteiger partial charge in [-0.2, -0.15) is 0 Å². The molecule has 3 rings (SSSR count). The van der Waals surface area contributed by atoms with Crippen LogP contribution in [0, 0.1) is 5.82 Å². The van der Waals surface area contributed by atoms with Crippen LogP contribution >= 0.6 is 0 Å². The van der Waals surface area contributed by atoms with Crippen molar-refractivity contribution in [1.82, 2.24) is 9.97 Å². The number of rotatable bonds is 6. The second kappa shape index (κ2) is 9.36. The number of pyridine rings is 2. The van der Waals surface area contributed by atoms with E-state index in [2.05, 4.69) is 15.0 Å². The molecule has 0 aliphatic heterocycles. The molecule has 2 aromatic heterocycles. The third kappa shape index (κ3) is 4.90. The summed E-state index contributed by atoms with van der Waals surface area (Å²) in [5, 5.41) is 10.6. The Morgan fingerprint density at radius 1 is 1.07 bits per heavy atom. The predicted octanol–water partition coefficient (Wildman–Crippen LogP) is 4.52. The van der Waals surface area contributed by atoms with Crippen molar-refractivity contribution >= 4 is 23.6 Å². The molecule has 0 atom stereocenters. The number of aliphatic hydroxyl groups is 1. The van der Waals surface area contributed by atoms with E-state index in [4.69, 9.17) is 4.74 Å². The quantitative estimate of drug-likeness (QED) is 0.289. The number of aliphatic imine (C=N–C) groups is 1. The van der Waals surface area contributed by atoms with Gasteiger partial charge in [-0.1, -0.05) is 6.07 Å². The van der Waals surface area contributed by atoms with E-state index in [0.717, 1.165) is 11.8 Å². The molecule has 0 aliphatic carbocycles. The molecule has 0 bridgehead atoms. The maximum Gasteiger partial charge on any atom is 0.343 e. The van der Waals surface area contributed by atoms with E-state index in [9.17, 15) is 14.3 Å². The van der Waals surface area contributed by atoms with E-state index in [1.165, 1.54) is 24.5 Å². The third-order valence-corrected chi connectivity index (χ3v) is 3.99. The van der Waals surface area contributed by atoms with Gasteiger partial charge < -0.3 is 9.84 Å². The molecule has 7 heteroatoms. The summed E-state index contributed by atoms with van der Waals surface area (Å²) in [6, 6.07) is 11.1. The molecular formula is C22H18FN3O3. The Morgan fingerprint density at radius 2 is 1.72 bits per heavy atom. The molecule has 1 aromatic carbocycles. The molecule has 3 aromatic rings. The predicted molar refractivity (Wildman–Crippen MR) is 108 cm³/mol. The number of nitrogens with zero attached hydrogens (tertiary/aromatic N) is 3. The van der Waals surface area contributed by atoms with Crippen LogP contribution in [0.1, 0.15) is 12.5 Å². The second-order valence-electron chi connectivity index (χ2n) is 5.88. The molecule has 0 saturated heterocycles. The molecular weight excluding hydrogens is 373 g/mol. The Morgan fingerprint density at radius 3 is 2.34 bits per heavy atom. The number of hydrogen-bond acceptors (Lipinski definition) is 6. The van der Waals surface area contributed by atoms with Crippen molar-refractivity contribution in [2.75, 3.05) is 6.61 Å². The van der Waals surface area contributed by atoms with Crippen molar-refractivity contribution in [3.8, 4) is 11.1 Å². The summed E-state index contributed by atoms with van der Waals surface area (Å²) in [4.78, 5) is 24.3. The number of esters is 1. The molecule has 1 N–H and O–H groups in total. The van der Waals surface area contributed by atoms with Crippen molar-refractivity contribution < 1.29 is 19.0 Å². The van der Waals surface area contributed by atoms with E-state index >= 15 is 0 Å². The summed E-state index contributed by atoms with van der Waals surface area (Å²) in [5.74, 6) is -2.05. The minimum absolute atomic E-state index is 0.0994. The molecule has 2 heterocycles. The van der Waals surface area contributed by atoms with Crippen molar-refractivity contribution in [3.63, 3.8) is 0 Å². The maximum absolute atomic E-state index is 14.7. The van der Waals surface area contributed by atoms with Crippen LogP contribution < -0.4 is 0 Å². The second-order valence-corrected chi connectivity index (χ2v) is 5.88. The van der Waals surface area contributed by atoms with Gasteiger partial charge in [0.2, 0.25) is 0 Å². The summed E-state index contributed by atoms with van der Waals surface area (Å²) < 4.78 is 19.7. The Bertz CT molecular complexity index is 1050. The highest BCUT2D eigenvalue weighted by Gasteiger charge is 2.19. The number of aliphatic hydroxyl groups excluding tert-OH is 1. The first-order valence-electron chi connectivity index (χ1n) is 8.85. The zero-order valence-corrected chi connectivity index (χ0v) is 15.6. The normalized spacial score (nSPS) is 11.9. The highest BCUT2D eigenvalue weighted by Crippen LogP contribution is 2.26. The molecule has 0 aliphatic rings. The number of carbonyl (C=O) groups excluding carboxylic acids is 1. The summed E-state index contributed by atoms with van der Waals surface area (Å²) in [6.45, 7) is 1.73. The average Bonchev–Trinajstić information content (AvgIpc) is 2.75. The van der Waals surface area contributed by atoms with E-state index in [1.807, 2.05) is 0 Å². The lowest BCUT2D eigenvalue weighted by Crippen LogP contribution is -2.11. The number of aromatic nitrogens is 2. The SMILES string of the molecule is CCOC(=O)/C(C=Nc1ccncc1)=C(/O)c1ccc(-c2ccncc2)cc1F. The van der Waals surface area contributed by atoms with Crippen LogP contribution in [0.3, 0.4) is 0 Å². The van der Waals surface area contributed by atoms with E-state index in [0.29, 0.717) is 11.3 Å². The lowest BCUT2D eigenvalue weighted by molar-refractivity contribution is -0.137. The zero-order chi connectivity index (χ0) is 20.6. The van der Waals surface area contributed by atoms with Gasteiger partial charge in [0.1, 0.15) is 17.1 Å². The molecule has 0 saturated carbocycles. The minimum Gasteiger partial charge on any atom is -0.506 e. The highest BCUT2D eigenvalue weighted by atomic mass is 19.1. The van der Waals surface area contributed by atoms with Gasteiger partial charge in [0, 0.05) is 31.0 Å². The molecule has 6 nitrogen and oxygen atoms in total. The van der Waals surface area contributed by atoms with Crippen LogP contribution in [-0.2, 0) is 9.53 Å². The first-order chi connectivity index (χ1) is 14.1. The molecule has 0 fully saturated rings. The number of ether oxygens (including phenoxy) is 1. The van der Waals surface area contributed by atoms with Crippen molar-refractivity contribution in [2.24, 2.45) is 4.99 Å². The first-order valence-corrected chi connectivity index (χ1v) is 8.85. The van der Waals surface area contributed by atoms with Gasteiger partial charge in [0.25, 0.3) is 0 Å². The molecule has 0 radical (unpaired) electrons. The number of hydrogen-bond donors (Lipinski definition) is 1. The van der Waals surface area contributed by atoms with Crippen LogP contribution in [0.2, 0.25) is 0 Å². The topological polar surface area (TPSA) is 84.7 Å². The zero-order valence-electron chi connectivity index (χ0n) is 15.6. The molecule has 146 valence electrons. The van der Waals surface area contributed by atoms with Gasteiger partial charge in [-0.25, -0.2) is 9.18 Å². The maximum atomic E-state index is 14.7. The fourth-order valence-corrected chi connectivity index (χ4v) is 2.56. The summed E-state index contributed by atoms with van der Waals surface area (Å²) >= 11 is 0. The van der Waals surface area contributed by atoms with Crippen LogP contribution in [0.15, 0.2) is 77.8 Å². The number of carbonyl (C=O) groups is 1. The monoisotopic (exact) mass is 391 g/mol. The fourth-order valence-electron chi connectivity index (χ4n) is 2.56. The molecule has 29 heavy (non-hydrogen) atoms. The minimum atomic E-state index is -0.805. The van der Waals surface area contributed by atoms with Crippen LogP contribution in [-0.4, -0.2) is 33.9 Å². The van der Waals surface area contributed by atoms with Crippen molar-refractivity contribution in [3.05, 3.63) is 84.2 Å². The lowest BCUT2D eigenvalue weighted by atomic mass is 10.0. The number of benzene rings is 1. The van der Waals surface area contributed by atoms with Gasteiger partial charge in [-0.3, -0.25) is 15.0 Å². The summed E-state index contributed by atoms with van der Waals surface area (Å²) in [6.07, 6.45) is 7.44. The lowest BCUT2D eigenvalue weighted by Gasteiger charge is -2.09. The Kier molecular flexibility index (Phi) is 6.42. The Hall–Kier alpha value is -3.87. The first kappa shape index (κ1) is 19.9. The van der Waals surface area contributed by atoms with E-state index in [1.54, 1.807) is 49.6 Å². The van der Waals surface area contributed by atoms with Crippen LogP contribution in [0.25, 0.3) is 16.9 Å². The number of halogens is 1. The average molecular weight is 391 g/mol. The van der Waals surface area contributed by atoms with Crippen LogP contribution in [0.4, 0.5) is 10.1 Å². The Labute approximate surface area is 167 Å². The molecule has 0 unspecified atom stereocenters. The van der Waals surface area contributed by atoms with Gasteiger partial charge in [-0.05, 0) is 54.4 Å².